The van der Waals surface area contributed by atoms with E-state index in [2.05, 4.69) is 10.3 Å². The molecule has 0 fully saturated rings. The van der Waals surface area contributed by atoms with Crippen LogP contribution in [0.25, 0.3) is 5.76 Å². The monoisotopic (exact) mass is 176 g/mol. The number of nitrogens with one attached hydrogen (secondary N) is 1. The number of hydrogen-bond acceptors (Lipinski definition) is 3. The quantitative estimate of drug-likeness (QED) is 0.626. The Kier molecular flexibility index (Phi) is 1.73. The summed E-state index contributed by atoms with van der Waals surface area (Å²) in [5, 5.41) is 12.1. The number of nitrogens with zero attached hydrogens (tertiary/aromatic N) is 1. The van der Waals surface area contributed by atoms with E-state index in [1.165, 1.54) is 6.08 Å². The molecule has 66 valence electrons. The highest BCUT2D eigenvalue weighted by Gasteiger charge is 2.14. The lowest BCUT2D eigenvalue weighted by atomic mass is 10.2. The highest BCUT2D eigenvalue weighted by molar-refractivity contribution is 5.95. The fourth-order valence-corrected chi connectivity index (χ4v) is 1.19. The number of pyridine rings is 1. The van der Waals surface area contributed by atoms with Crippen LogP contribution in [-0.2, 0) is 4.79 Å². The average Bonchev–Trinajstić information content (AvgIpc) is 2.27. The molecule has 4 nitrogen and oxygen atoms in total. The fourth-order valence-electron chi connectivity index (χ4n) is 1.19. The number of anilines is 1. The van der Waals surface area contributed by atoms with Gasteiger partial charge in [0, 0.05) is 12.6 Å². The van der Waals surface area contributed by atoms with Crippen molar-refractivity contribution >= 4 is 17.5 Å². The lowest BCUT2D eigenvalue weighted by Crippen LogP contribution is -2.10. The number of aliphatic hydroxyl groups is 1. The second-order valence-corrected chi connectivity index (χ2v) is 2.74. The van der Waals surface area contributed by atoms with Crippen LogP contribution in [0.1, 0.15) is 12.0 Å². The maximum Gasteiger partial charge on any atom is 0.229 e. The zero-order valence-corrected chi connectivity index (χ0v) is 6.82. The standard InChI is InChI=1S/C9H8N2O2/c12-7-3-4-8(13)11-9-6(7)2-1-5-10-9/h1-3,5,12H,4H2,(H,10,11,13). The smallest absolute Gasteiger partial charge is 0.229 e. The summed E-state index contributed by atoms with van der Waals surface area (Å²) in [5.74, 6) is 0.351. The Morgan fingerprint density at radius 1 is 1.54 bits per heavy atom. The Labute approximate surface area is 74.9 Å². The van der Waals surface area contributed by atoms with E-state index in [0.717, 1.165) is 0 Å². The van der Waals surface area contributed by atoms with Crippen LogP contribution in [0.2, 0.25) is 0 Å². The molecule has 0 aliphatic carbocycles. The molecule has 0 atom stereocenters. The molecule has 4 heteroatoms. The lowest BCUT2D eigenvalue weighted by Gasteiger charge is -2.03. The Hall–Kier alpha value is -1.84. The van der Waals surface area contributed by atoms with Crippen molar-refractivity contribution in [1.82, 2.24) is 4.98 Å². The minimum Gasteiger partial charge on any atom is -0.508 e. The summed E-state index contributed by atoms with van der Waals surface area (Å²) in [6.07, 6.45) is 3.22. The number of carbonyl (C=O) groups is 1. The van der Waals surface area contributed by atoms with Gasteiger partial charge in [-0.3, -0.25) is 4.79 Å². The summed E-state index contributed by atoms with van der Waals surface area (Å²) in [6.45, 7) is 0. The number of fused-ring (bicyclic) bond motifs is 1. The summed E-state index contributed by atoms with van der Waals surface area (Å²) in [7, 11) is 0. The van der Waals surface area contributed by atoms with Crippen LogP contribution in [0.5, 0.6) is 0 Å². The molecule has 1 aliphatic rings. The summed E-state index contributed by atoms with van der Waals surface area (Å²) in [4.78, 5) is 15.0. The van der Waals surface area contributed by atoms with E-state index in [-0.39, 0.29) is 18.1 Å². The van der Waals surface area contributed by atoms with Crippen molar-refractivity contribution in [3.63, 3.8) is 0 Å². The van der Waals surface area contributed by atoms with Gasteiger partial charge < -0.3 is 10.4 Å². The van der Waals surface area contributed by atoms with E-state index >= 15 is 0 Å². The molecule has 1 aromatic heterocycles. The molecule has 1 amide bonds. The molecule has 2 rings (SSSR count). The summed E-state index contributed by atoms with van der Waals surface area (Å²) < 4.78 is 0. The molecule has 2 heterocycles. The van der Waals surface area contributed by atoms with Crippen molar-refractivity contribution in [3.8, 4) is 0 Å². The number of aromatic nitrogens is 1. The third kappa shape index (κ3) is 1.38. The first-order valence-electron chi connectivity index (χ1n) is 3.92. The van der Waals surface area contributed by atoms with Gasteiger partial charge in [0.1, 0.15) is 11.6 Å². The van der Waals surface area contributed by atoms with E-state index in [1.807, 2.05) is 0 Å². The van der Waals surface area contributed by atoms with Crippen LogP contribution < -0.4 is 5.32 Å². The zero-order chi connectivity index (χ0) is 9.26. The molecular weight excluding hydrogens is 168 g/mol. The molecule has 0 saturated heterocycles. The van der Waals surface area contributed by atoms with Crippen molar-refractivity contribution in [2.75, 3.05) is 5.32 Å². The molecule has 1 aromatic rings. The Balaban J connectivity index is 2.55. The van der Waals surface area contributed by atoms with Crippen LogP contribution in [-0.4, -0.2) is 16.0 Å². The minimum absolute atomic E-state index is 0.0986. The molecule has 0 saturated carbocycles. The molecule has 1 aliphatic heterocycles. The lowest BCUT2D eigenvalue weighted by molar-refractivity contribution is -0.115. The second kappa shape index (κ2) is 2.90. The van der Waals surface area contributed by atoms with Crippen LogP contribution in [0.3, 0.4) is 0 Å². The topological polar surface area (TPSA) is 62.2 Å². The normalized spacial score (nSPS) is 15.4. The first-order valence-corrected chi connectivity index (χ1v) is 3.92. The fraction of sp³-hybridized carbons (Fsp3) is 0.111. The maximum atomic E-state index is 11.1. The first kappa shape index (κ1) is 7.79. The SMILES string of the molecule is O=C1CC=C(O)c2cccnc2N1. The van der Waals surface area contributed by atoms with Gasteiger partial charge in [0.2, 0.25) is 5.91 Å². The van der Waals surface area contributed by atoms with Gasteiger partial charge in [-0.1, -0.05) is 0 Å². The van der Waals surface area contributed by atoms with Gasteiger partial charge in [-0.2, -0.15) is 0 Å². The number of amides is 1. The van der Waals surface area contributed by atoms with Crippen molar-refractivity contribution < 1.29 is 9.90 Å². The van der Waals surface area contributed by atoms with Gasteiger partial charge in [0.25, 0.3) is 0 Å². The summed E-state index contributed by atoms with van der Waals surface area (Å²) in [6, 6.07) is 3.42. The molecule has 0 unspecified atom stereocenters. The second-order valence-electron chi connectivity index (χ2n) is 2.74. The van der Waals surface area contributed by atoms with E-state index in [1.54, 1.807) is 18.3 Å². The van der Waals surface area contributed by atoms with Crippen LogP contribution in [0.15, 0.2) is 24.4 Å². The van der Waals surface area contributed by atoms with Gasteiger partial charge in [-0.05, 0) is 18.2 Å². The Morgan fingerprint density at radius 2 is 2.38 bits per heavy atom. The maximum absolute atomic E-state index is 11.1. The molecule has 0 aromatic carbocycles. The van der Waals surface area contributed by atoms with E-state index in [4.69, 9.17) is 0 Å². The van der Waals surface area contributed by atoms with E-state index < -0.39 is 0 Å². The van der Waals surface area contributed by atoms with Crippen molar-refractivity contribution in [2.24, 2.45) is 0 Å². The number of carbonyl (C=O) groups excluding carboxylic acids is 1. The molecule has 2 N–H and O–H groups in total. The zero-order valence-electron chi connectivity index (χ0n) is 6.82. The number of hydrogen-bond donors (Lipinski definition) is 2. The van der Waals surface area contributed by atoms with Gasteiger partial charge >= 0.3 is 0 Å². The molecular formula is C9H8N2O2. The largest absolute Gasteiger partial charge is 0.508 e. The summed E-state index contributed by atoms with van der Waals surface area (Å²) in [5.41, 5.74) is 0.563. The number of rotatable bonds is 0. The van der Waals surface area contributed by atoms with Gasteiger partial charge in [0.15, 0.2) is 0 Å². The minimum atomic E-state index is -0.163. The third-order valence-electron chi connectivity index (χ3n) is 1.82. The predicted molar refractivity (Wildman–Crippen MR) is 48.1 cm³/mol. The highest BCUT2D eigenvalue weighted by atomic mass is 16.3. The van der Waals surface area contributed by atoms with Crippen LogP contribution in [0.4, 0.5) is 5.82 Å². The van der Waals surface area contributed by atoms with Crippen molar-refractivity contribution in [3.05, 3.63) is 30.0 Å². The molecule has 0 bridgehead atoms. The Morgan fingerprint density at radius 3 is 3.23 bits per heavy atom. The van der Waals surface area contributed by atoms with Crippen molar-refractivity contribution in [2.45, 2.75) is 6.42 Å². The van der Waals surface area contributed by atoms with Crippen LogP contribution >= 0.6 is 0 Å². The van der Waals surface area contributed by atoms with Crippen molar-refractivity contribution in [1.29, 1.82) is 0 Å². The highest BCUT2D eigenvalue weighted by Crippen LogP contribution is 2.22. The van der Waals surface area contributed by atoms with Gasteiger partial charge in [-0.15, -0.1) is 0 Å². The van der Waals surface area contributed by atoms with Gasteiger partial charge in [-0.25, -0.2) is 4.98 Å². The first-order chi connectivity index (χ1) is 6.27. The van der Waals surface area contributed by atoms with Crippen LogP contribution in [0, 0.1) is 0 Å². The molecule has 0 radical (unpaired) electrons. The molecule has 13 heavy (non-hydrogen) atoms. The predicted octanol–water partition coefficient (Wildman–Crippen LogP) is 1.32. The average molecular weight is 176 g/mol. The molecule has 0 spiro atoms. The van der Waals surface area contributed by atoms with E-state index in [0.29, 0.717) is 11.4 Å². The van der Waals surface area contributed by atoms with Gasteiger partial charge in [0.05, 0.1) is 5.56 Å². The van der Waals surface area contributed by atoms with E-state index in [9.17, 15) is 9.90 Å². The summed E-state index contributed by atoms with van der Waals surface area (Å²) >= 11 is 0. The Bertz CT molecular complexity index is 385. The third-order valence-corrected chi connectivity index (χ3v) is 1.82. The number of aliphatic hydroxyl groups excluding tert-OH is 1.